The number of nitrogens with one attached hydrogen (secondary N) is 1. The Labute approximate surface area is 89.1 Å². The number of ether oxygens (including phenoxy) is 1. The van der Waals surface area contributed by atoms with Crippen molar-refractivity contribution in [2.75, 3.05) is 25.9 Å². The molecule has 15 heavy (non-hydrogen) atoms. The smallest absolute Gasteiger partial charge is 0.236 e. The third kappa shape index (κ3) is 2.10. The average Bonchev–Trinajstić information content (AvgIpc) is 2.30. The second-order valence-corrected chi connectivity index (χ2v) is 3.51. The van der Waals surface area contributed by atoms with Gasteiger partial charge in [-0.2, -0.15) is 0 Å². The molecule has 0 aromatic carbocycles. The van der Waals surface area contributed by atoms with Crippen molar-refractivity contribution in [2.24, 2.45) is 0 Å². The van der Waals surface area contributed by atoms with Gasteiger partial charge in [-0.05, 0) is 30.2 Å². The summed E-state index contributed by atoms with van der Waals surface area (Å²) in [7, 11) is 1.57. The van der Waals surface area contributed by atoms with Crippen LogP contribution in [0.5, 0.6) is 5.88 Å². The monoisotopic (exact) mass is 205 g/mol. The number of anilines is 1. The van der Waals surface area contributed by atoms with Gasteiger partial charge in [-0.1, -0.05) is 6.08 Å². The fourth-order valence-corrected chi connectivity index (χ4v) is 1.70. The van der Waals surface area contributed by atoms with E-state index in [0.717, 1.165) is 25.1 Å². The molecule has 0 amide bonds. The molecule has 4 nitrogen and oxygen atoms in total. The van der Waals surface area contributed by atoms with Crippen LogP contribution in [0.4, 0.5) is 5.69 Å². The number of aromatic nitrogens is 1. The Morgan fingerprint density at radius 3 is 3.00 bits per heavy atom. The lowest BCUT2D eigenvalue weighted by atomic mass is 10.0. The van der Waals surface area contributed by atoms with Crippen molar-refractivity contribution in [3.63, 3.8) is 0 Å². The van der Waals surface area contributed by atoms with Gasteiger partial charge in [-0.3, -0.25) is 0 Å². The molecule has 0 atom stereocenters. The van der Waals surface area contributed by atoms with E-state index in [4.69, 9.17) is 10.5 Å². The topological polar surface area (TPSA) is 60.2 Å². The third-order valence-electron chi connectivity index (χ3n) is 2.51. The Bertz CT molecular complexity index is 387. The third-order valence-corrected chi connectivity index (χ3v) is 2.51. The highest BCUT2D eigenvalue weighted by atomic mass is 16.5. The SMILES string of the molecule is COc1ncc(C2=CCNCC2)cc1N. The summed E-state index contributed by atoms with van der Waals surface area (Å²) < 4.78 is 5.02. The first-order chi connectivity index (χ1) is 7.31. The molecule has 0 bridgehead atoms. The van der Waals surface area contributed by atoms with Crippen molar-refractivity contribution in [1.82, 2.24) is 10.3 Å². The van der Waals surface area contributed by atoms with Crippen LogP contribution in [-0.4, -0.2) is 25.2 Å². The van der Waals surface area contributed by atoms with Crippen molar-refractivity contribution in [2.45, 2.75) is 6.42 Å². The van der Waals surface area contributed by atoms with Crippen LogP contribution in [0.15, 0.2) is 18.3 Å². The van der Waals surface area contributed by atoms with Crippen molar-refractivity contribution in [1.29, 1.82) is 0 Å². The molecular formula is C11H15N3O. The van der Waals surface area contributed by atoms with Gasteiger partial charge in [-0.25, -0.2) is 4.98 Å². The molecule has 2 heterocycles. The Morgan fingerprint density at radius 2 is 2.40 bits per heavy atom. The van der Waals surface area contributed by atoms with Gasteiger partial charge < -0.3 is 15.8 Å². The van der Waals surface area contributed by atoms with Gasteiger partial charge in [0.2, 0.25) is 5.88 Å². The first-order valence-electron chi connectivity index (χ1n) is 5.01. The van der Waals surface area contributed by atoms with Gasteiger partial charge in [0, 0.05) is 12.7 Å². The van der Waals surface area contributed by atoms with E-state index in [-0.39, 0.29) is 0 Å². The van der Waals surface area contributed by atoms with E-state index >= 15 is 0 Å². The molecule has 0 saturated heterocycles. The number of hydrogen-bond donors (Lipinski definition) is 2. The van der Waals surface area contributed by atoms with Crippen LogP contribution in [0.2, 0.25) is 0 Å². The molecule has 1 aliphatic rings. The number of nitrogen functional groups attached to an aromatic ring is 1. The van der Waals surface area contributed by atoms with E-state index in [9.17, 15) is 0 Å². The molecule has 3 N–H and O–H groups in total. The average molecular weight is 205 g/mol. The molecule has 0 radical (unpaired) electrons. The van der Waals surface area contributed by atoms with Crippen LogP contribution in [0.3, 0.4) is 0 Å². The lowest BCUT2D eigenvalue weighted by Gasteiger charge is -2.14. The highest BCUT2D eigenvalue weighted by molar-refractivity contribution is 5.69. The minimum Gasteiger partial charge on any atom is -0.480 e. The predicted molar refractivity (Wildman–Crippen MR) is 60.7 cm³/mol. The summed E-state index contributed by atoms with van der Waals surface area (Å²) in [5, 5.41) is 3.27. The van der Waals surface area contributed by atoms with Crippen molar-refractivity contribution in [3.8, 4) is 5.88 Å². The van der Waals surface area contributed by atoms with Crippen LogP contribution in [0.25, 0.3) is 5.57 Å². The predicted octanol–water partition coefficient (Wildman–Crippen LogP) is 1.05. The minimum absolute atomic E-state index is 0.494. The number of hydrogen-bond acceptors (Lipinski definition) is 4. The largest absolute Gasteiger partial charge is 0.480 e. The highest BCUT2D eigenvalue weighted by Crippen LogP contribution is 2.25. The first-order valence-corrected chi connectivity index (χ1v) is 5.01. The van der Waals surface area contributed by atoms with Crippen LogP contribution in [0, 0.1) is 0 Å². The second kappa shape index (κ2) is 4.31. The fourth-order valence-electron chi connectivity index (χ4n) is 1.70. The molecule has 0 aliphatic carbocycles. The van der Waals surface area contributed by atoms with Gasteiger partial charge >= 0.3 is 0 Å². The molecule has 1 aromatic heterocycles. The van der Waals surface area contributed by atoms with Crippen LogP contribution >= 0.6 is 0 Å². The Balaban J connectivity index is 2.29. The standard InChI is InChI=1S/C11H15N3O/c1-15-11-10(12)6-9(7-14-11)8-2-4-13-5-3-8/h2,6-7,13H,3-5,12H2,1H3. The second-order valence-electron chi connectivity index (χ2n) is 3.51. The summed E-state index contributed by atoms with van der Waals surface area (Å²) >= 11 is 0. The molecule has 0 unspecified atom stereocenters. The summed E-state index contributed by atoms with van der Waals surface area (Å²) in [6.45, 7) is 1.93. The summed E-state index contributed by atoms with van der Waals surface area (Å²) in [4.78, 5) is 4.16. The fraction of sp³-hybridized carbons (Fsp3) is 0.364. The maximum Gasteiger partial charge on any atom is 0.236 e. The van der Waals surface area contributed by atoms with E-state index < -0.39 is 0 Å². The van der Waals surface area contributed by atoms with E-state index in [1.54, 1.807) is 7.11 Å². The molecular weight excluding hydrogens is 190 g/mol. The number of rotatable bonds is 2. The van der Waals surface area contributed by atoms with Gasteiger partial charge in [-0.15, -0.1) is 0 Å². The van der Waals surface area contributed by atoms with E-state index in [2.05, 4.69) is 16.4 Å². The van der Waals surface area contributed by atoms with Gasteiger partial charge in [0.1, 0.15) is 0 Å². The molecule has 0 fully saturated rings. The molecule has 0 spiro atoms. The minimum atomic E-state index is 0.494. The molecule has 1 aliphatic heterocycles. The maximum absolute atomic E-state index is 5.81. The van der Waals surface area contributed by atoms with Crippen LogP contribution < -0.4 is 15.8 Å². The number of nitrogens with zero attached hydrogens (tertiary/aromatic N) is 1. The quantitative estimate of drug-likeness (QED) is 0.757. The van der Waals surface area contributed by atoms with Gasteiger partial charge in [0.05, 0.1) is 12.8 Å². The zero-order chi connectivity index (χ0) is 10.7. The van der Waals surface area contributed by atoms with Gasteiger partial charge in [0.25, 0.3) is 0 Å². The van der Waals surface area contributed by atoms with E-state index in [1.165, 1.54) is 5.57 Å². The lowest BCUT2D eigenvalue weighted by Crippen LogP contribution is -2.20. The lowest BCUT2D eigenvalue weighted by molar-refractivity contribution is 0.400. The maximum atomic E-state index is 5.81. The normalized spacial score (nSPS) is 15.9. The number of nitrogens with two attached hydrogens (primary N) is 1. The Hall–Kier alpha value is -1.55. The van der Waals surface area contributed by atoms with Crippen molar-refractivity contribution < 1.29 is 4.74 Å². The van der Waals surface area contributed by atoms with Crippen LogP contribution in [0.1, 0.15) is 12.0 Å². The van der Waals surface area contributed by atoms with E-state index in [0.29, 0.717) is 11.6 Å². The summed E-state index contributed by atoms with van der Waals surface area (Å²) in [5.74, 6) is 0.494. The van der Waals surface area contributed by atoms with Crippen molar-refractivity contribution in [3.05, 3.63) is 23.9 Å². The molecule has 4 heteroatoms. The zero-order valence-electron chi connectivity index (χ0n) is 8.79. The zero-order valence-corrected chi connectivity index (χ0v) is 8.79. The van der Waals surface area contributed by atoms with Crippen LogP contribution in [-0.2, 0) is 0 Å². The summed E-state index contributed by atoms with van der Waals surface area (Å²) in [5.41, 5.74) is 8.79. The van der Waals surface area contributed by atoms with Gasteiger partial charge in [0.15, 0.2) is 0 Å². The number of pyridine rings is 1. The molecule has 1 aromatic rings. The highest BCUT2D eigenvalue weighted by Gasteiger charge is 2.08. The molecule has 2 rings (SSSR count). The molecule has 80 valence electrons. The first kappa shape index (κ1) is 9.98. The van der Waals surface area contributed by atoms with Crippen molar-refractivity contribution >= 4 is 11.3 Å². The Kier molecular flexibility index (Phi) is 2.87. The molecule has 0 saturated carbocycles. The Morgan fingerprint density at radius 1 is 1.53 bits per heavy atom. The number of methoxy groups -OCH3 is 1. The summed E-state index contributed by atoms with van der Waals surface area (Å²) in [6.07, 6.45) is 5.01. The van der Waals surface area contributed by atoms with E-state index in [1.807, 2.05) is 12.3 Å². The summed E-state index contributed by atoms with van der Waals surface area (Å²) in [6, 6.07) is 1.92.